The smallest absolute Gasteiger partial charge is 0.321 e. The van der Waals surface area contributed by atoms with Gasteiger partial charge in [-0.3, -0.25) is 29.0 Å². The van der Waals surface area contributed by atoms with Crippen LogP contribution in [0.3, 0.4) is 0 Å². The van der Waals surface area contributed by atoms with Crippen molar-refractivity contribution < 1.29 is 49.1 Å². The van der Waals surface area contributed by atoms with Crippen LogP contribution in [-0.4, -0.2) is 131 Å². The van der Waals surface area contributed by atoms with E-state index in [4.69, 9.17) is 32.7 Å². The first-order valence-electron chi connectivity index (χ1n) is 19.9. The fraction of sp³-hybridized carbons (Fsp3) is 0.364. The normalized spacial score (nSPS) is 21.7. The number of nitrogens with zero attached hydrogens (tertiary/aromatic N) is 4. The van der Waals surface area contributed by atoms with E-state index in [1.165, 1.54) is 0 Å². The molecule has 4 aromatic carbocycles. The van der Waals surface area contributed by atoms with Gasteiger partial charge in [-0.25, -0.2) is 0 Å². The summed E-state index contributed by atoms with van der Waals surface area (Å²) in [4.78, 5) is 56.0. The Morgan fingerprint density at radius 1 is 0.600 bits per heavy atom. The number of aliphatic hydroxyl groups excluding tert-OH is 2. The second kappa shape index (κ2) is 17.4. The number of anilines is 2. The summed E-state index contributed by atoms with van der Waals surface area (Å²) < 4.78 is 11.8. The van der Waals surface area contributed by atoms with E-state index in [0.717, 1.165) is 22.3 Å². The van der Waals surface area contributed by atoms with E-state index >= 15 is 0 Å². The Morgan fingerprint density at radius 2 is 1.00 bits per heavy atom. The zero-order valence-corrected chi connectivity index (χ0v) is 34.0. The molecule has 60 heavy (non-hydrogen) atoms. The summed E-state index contributed by atoms with van der Waals surface area (Å²) >= 11 is 14.3. The Kier molecular flexibility index (Phi) is 12.0. The molecule has 0 unspecified atom stereocenters. The van der Waals surface area contributed by atoms with Crippen molar-refractivity contribution in [3.8, 4) is 44.9 Å². The second-order valence-corrected chi connectivity index (χ2v) is 16.3. The third-order valence-electron chi connectivity index (χ3n) is 11.7. The molecule has 2 fully saturated rings. The molecular formula is C44H44Cl2N4O10. The van der Waals surface area contributed by atoms with Gasteiger partial charge in [0.05, 0.1) is 33.6 Å². The molecule has 0 aromatic heterocycles. The molecule has 2 amide bonds. The van der Waals surface area contributed by atoms with Crippen molar-refractivity contribution in [2.75, 3.05) is 62.3 Å². The average Bonchev–Trinajstić information content (AvgIpc) is 3.80. The molecule has 0 radical (unpaired) electrons. The number of hydrogen-bond acceptors (Lipinski definition) is 10. The number of amides is 2. The van der Waals surface area contributed by atoms with Gasteiger partial charge in [-0.1, -0.05) is 71.7 Å². The van der Waals surface area contributed by atoms with Crippen LogP contribution in [0.1, 0.15) is 25.7 Å². The van der Waals surface area contributed by atoms with Crippen molar-refractivity contribution >= 4 is 58.3 Å². The van der Waals surface area contributed by atoms with Gasteiger partial charge in [-0.2, -0.15) is 0 Å². The van der Waals surface area contributed by atoms with Crippen LogP contribution in [0.4, 0.5) is 11.4 Å². The molecule has 0 saturated carbocycles. The monoisotopic (exact) mass is 858 g/mol. The van der Waals surface area contributed by atoms with Crippen molar-refractivity contribution in [2.45, 2.75) is 50.0 Å². The molecule has 16 heteroatoms. The number of halogens is 2. The minimum atomic E-state index is -0.966. The standard InChI is InChI=1S/C44H44Cl2N4O10/c45-41-29(25-9-11-33-37(17-25)59-23-39(53)49(33)15-3-13-47-21-27(51)19-35(47)43(55)56)5-1-7-31(41)32-8-2-6-30(42(32)46)26-10-12-34-38(18-26)60-24-40(54)50(34)16-4-14-48-22-28(52)20-36(48)44(57)58/h1-2,5-12,17-18,27-28,35-36,51-52H,3-4,13-16,19-24H2,(H,55,56)(H,57,58)/t27-,28-,35+,36+/m1/s1. The number of β-amino-alcohol motifs (C(OH)–C–C–N with tert-alkyl or cyclic N) is 2. The molecule has 2 saturated heterocycles. The molecule has 4 aliphatic heterocycles. The summed E-state index contributed by atoms with van der Waals surface area (Å²) in [6, 6.07) is 20.9. The van der Waals surface area contributed by atoms with E-state index in [2.05, 4.69) is 0 Å². The number of benzene rings is 4. The summed E-state index contributed by atoms with van der Waals surface area (Å²) in [5.74, 6) is -1.31. The average molecular weight is 860 g/mol. The first kappa shape index (κ1) is 41.5. The summed E-state index contributed by atoms with van der Waals surface area (Å²) in [5, 5.41) is 40.0. The van der Waals surface area contributed by atoms with Gasteiger partial charge in [-0.05, 0) is 48.2 Å². The molecule has 4 N–H and O–H groups in total. The minimum absolute atomic E-state index is 0.144. The molecule has 14 nitrogen and oxygen atoms in total. The third kappa shape index (κ3) is 8.27. The summed E-state index contributed by atoms with van der Waals surface area (Å²) in [6.45, 7) is 1.82. The van der Waals surface area contributed by atoms with Crippen molar-refractivity contribution in [3.63, 3.8) is 0 Å². The third-order valence-corrected chi connectivity index (χ3v) is 12.5. The van der Waals surface area contributed by atoms with Crippen molar-refractivity contribution in [3.05, 3.63) is 82.8 Å². The predicted molar refractivity (Wildman–Crippen MR) is 225 cm³/mol. The predicted octanol–water partition coefficient (Wildman–Crippen LogP) is 5.27. The molecule has 8 rings (SSSR count). The van der Waals surface area contributed by atoms with Crippen molar-refractivity contribution in [1.82, 2.24) is 9.80 Å². The van der Waals surface area contributed by atoms with E-state index in [0.29, 0.717) is 83.1 Å². The molecule has 0 aliphatic carbocycles. The van der Waals surface area contributed by atoms with Crippen molar-refractivity contribution in [1.29, 1.82) is 0 Å². The number of carboxylic acids is 2. The van der Waals surface area contributed by atoms with Crippen LogP contribution in [-0.2, 0) is 19.2 Å². The minimum Gasteiger partial charge on any atom is -0.482 e. The highest BCUT2D eigenvalue weighted by molar-refractivity contribution is 6.39. The van der Waals surface area contributed by atoms with Gasteiger partial charge >= 0.3 is 11.9 Å². The Hall–Kier alpha value is -5.22. The highest BCUT2D eigenvalue weighted by Crippen LogP contribution is 2.45. The van der Waals surface area contributed by atoms with Gasteiger partial charge < -0.3 is 39.7 Å². The quantitative estimate of drug-likeness (QED) is 0.137. The number of likely N-dealkylation sites (tertiary alicyclic amines) is 2. The van der Waals surface area contributed by atoms with E-state index in [1.54, 1.807) is 19.6 Å². The van der Waals surface area contributed by atoms with E-state index in [9.17, 15) is 39.6 Å². The first-order chi connectivity index (χ1) is 28.9. The van der Waals surface area contributed by atoms with Crippen LogP contribution >= 0.6 is 23.2 Å². The largest absolute Gasteiger partial charge is 0.482 e. The Morgan fingerprint density at radius 3 is 1.40 bits per heavy atom. The summed E-state index contributed by atoms with van der Waals surface area (Å²) in [7, 11) is 0. The number of fused-ring (bicyclic) bond motifs is 2. The van der Waals surface area contributed by atoms with Crippen LogP contribution in [0.25, 0.3) is 33.4 Å². The van der Waals surface area contributed by atoms with Crippen LogP contribution < -0.4 is 19.3 Å². The number of carbonyl (C=O) groups is 4. The van der Waals surface area contributed by atoms with Gasteiger partial charge in [0.1, 0.15) is 23.6 Å². The molecule has 4 aromatic rings. The van der Waals surface area contributed by atoms with E-state index in [1.807, 2.05) is 72.8 Å². The maximum absolute atomic E-state index is 13.0. The van der Waals surface area contributed by atoms with E-state index in [-0.39, 0.29) is 51.0 Å². The van der Waals surface area contributed by atoms with Gasteiger partial charge in [0, 0.05) is 74.4 Å². The highest BCUT2D eigenvalue weighted by atomic mass is 35.5. The van der Waals surface area contributed by atoms with Gasteiger partial charge in [-0.15, -0.1) is 0 Å². The van der Waals surface area contributed by atoms with Gasteiger partial charge in [0.2, 0.25) is 0 Å². The number of carbonyl (C=O) groups excluding carboxylic acids is 2. The van der Waals surface area contributed by atoms with Crippen LogP contribution in [0, 0.1) is 0 Å². The second-order valence-electron chi connectivity index (χ2n) is 15.6. The molecule has 4 aliphatic rings. The molecule has 314 valence electrons. The zero-order chi connectivity index (χ0) is 42.2. The number of hydrogen-bond donors (Lipinski definition) is 4. The topological polar surface area (TPSA) is 181 Å². The Labute approximate surface area is 356 Å². The lowest BCUT2D eigenvalue weighted by molar-refractivity contribution is -0.143. The summed E-state index contributed by atoms with van der Waals surface area (Å²) in [6.07, 6.45) is 0.00937. The van der Waals surface area contributed by atoms with Crippen LogP contribution in [0.2, 0.25) is 10.0 Å². The fourth-order valence-electron chi connectivity index (χ4n) is 8.79. The van der Waals surface area contributed by atoms with Crippen molar-refractivity contribution in [2.24, 2.45) is 0 Å². The molecule has 4 atom stereocenters. The number of carboxylic acid groups (broad SMARTS) is 2. The lowest BCUT2D eigenvalue weighted by Gasteiger charge is -2.31. The SMILES string of the molecule is O=C(O)[C@@H]1C[C@@H](O)CN1CCCN1C(=O)COc2cc(-c3cccc(-c4cccc(-c5ccc6c(c5)OCC(=O)N6CCCN5C[C@H](O)C[C@H]5C(=O)O)c4Cl)c3Cl)ccc21. The Balaban J connectivity index is 0.987. The lowest BCUT2D eigenvalue weighted by atomic mass is 9.95. The van der Waals surface area contributed by atoms with Gasteiger partial charge in [0.25, 0.3) is 11.8 Å². The summed E-state index contributed by atoms with van der Waals surface area (Å²) in [5.41, 5.74) is 5.59. The number of ether oxygens (including phenoxy) is 2. The molecule has 0 spiro atoms. The molecule has 0 bridgehead atoms. The van der Waals surface area contributed by atoms with Crippen LogP contribution in [0.5, 0.6) is 11.5 Å². The maximum Gasteiger partial charge on any atom is 0.321 e. The molecular weight excluding hydrogens is 815 g/mol. The molecule has 4 heterocycles. The number of aliphatic hydroxyl groups is 2. The fourth-order valence-corrected chi connectivity index (χ4v) is 9.46. The number of rotatable bonds is 13. The Bertz CT molecular complexity index is 2180. The van der Waals surface area contributed by atoms with Gasteiger partial charge in [0.15, 0.2) is 13.2 Å². The highest BCUT2D eigenvalue weighted by Gasteiger charge is 2.37. The number of aliphatic carboxylic acids is 2. The maximum atomic E-state index is 13.0. The first-order valence-corrected chi connectivity index (χ1v) is 20.7. The van der Waals surface area contributed by atoms with E-state index < -0.39 is 36.2 Å². The zero-order valence-electron chi connectivity index (χ0n) is 32.5. The lowest BCUT2D eigenvalue weighted by Crippen LogP contribution is -2.42. The van der Waals surface area contributed by atoms with Crippen LogP contribution in [0.15, 0.2) is 72.8 Å².